The van der Waals surface area contributed by atoms with E-state index < -0.39 is 0 Å². The van der Waals surface area contributed by atoms with Gasteiger partial charge in [0.25, 0.3) is 0 Å². The van der Waals surface area contributed by atoms with E-state index in [0.717, 1.165) is 0 Å². The molecule has 0 aliphatic heterocycles. The Morgan fingerprint density at radius 1 is 1.05 bits per heavy atom. The van der Waals surface area contributed by atoms with Gasteiger partial charge in [-0.2, -0.15) is 0 Å². The zero-order chi connectivity index (χ0) is 13.7. The van der Waals surface area contributed by atoms with Crippen LogP contribution in [-0.4, -0.2) is 6.03 Å². The zero-order valence-corrected chi connectivity index (χ0v) is 10.2. The highest BCUT2D eigenvalue weighted by Gasteiger charge is 2.03. The largest absolute Gasteiger partial charge is 0.399 e. The number of nitrogen functional groups attached to an aromatic ring is 1. The van der Waals surface area contributed by atoms with Gasteiger partial charge in [-0.15, -0.1) is 6.42 Å². The molecule has 19 heavy (non-hydrogen) atoms. The van der Waals surface area contributed by atoms with Crippen LogP contribution >= 0.6 is 0 Å². The summed E-state index contributed by atoms with van der Waals surface area (Å²) in [5.74, 6) is 2.51. The molecule has 2 rings (SSSR count). The van der Waals surface area contributed by atoms with Gasteiger partial charge in [-0.1, -0.05) is 18.1 Å². The van der Waals surface area contributed by atoms with E-state index in [1.54, 1.807) is 48.5 Å². The van der Waals surface area contributed by atoms with Gasteiger partial charge in [0.05, 0.1) is 0 Å². The van der Waals surface area contributed by atoms with Gasteiger partial charge >= 0.3 is 6.03 Å². The van der Waals surface area contributed by atoms with Crippen LogP contribution in [0.5, 0.6) is 0 Å². The van der Waals surface area contributed by atoms with Crippen LogP contribution in [-0.2, 0) is 0 Å². The summed E-state index contributed by atoms with van der Waals surface area (Å²) in [5.41, 5.74) is 8.20. The monoisotopic (exact) mass is 251 g/mol. The Kier molecular flexibility index (Phi) is 3.70. The molecule has 0 bridgehead atoms. The van der Waals surface area contributed by atoms with Crippen LogP contribution < -0.4 is 16.4 Å². The van der Waals surface area contributed by atoms with Gasteiger partial charge in [0, 0.05) is 22.6 Å². The number of carbonyl (C=O) groups excluding carboxylic acids is 1. The zero-order valence-electron chi connectivity index (χ0n) is 10.2. The first-order valence-corrected chi connectivity index (χ1v) is 5.67. The molecular formula is C15H13N3O. The molecule has 0 saturated heterocycles. The lowest BCUT2D eigenvalue weighted by atomic mass is 10.2. The Morgan fingerprint density at radius 2 is 1.68 bits per heavy atom. The van der Waals surface area contributed by atoms with Crippen LogP contribution in [0.25, 0.3) is 0 Å². The predicted octanol–water partition coefficient (Wildman–Crippen LogP) is 2.89. The fraction of sp³-hybridized carbons (Fsp3) is 0. The summed E-state index contributed by atoms with van der Waals surface area (Å²) in [6.07, 6.45) is 5.30. The molecule has 0 aliphatic carbocycles. The molecule has 0 fully saturated rings. The maximum absolute atomic E-state index is 11.8. The number of hydrogen-bond donors (Lipinski definition) is 3. The molecular weight excluding hydrogens is 238 g/mol. The molecule has 94 valence electrons. The van der Waals surface area contributed by atoms with Gasteiger partial charge in [-0.25, -0.2) is 4.79 Å². The molecule has 0 radical (unpaired) electrons. The summed E-state index contributed by atoms with van der Waals surface area (Å²) >= 11 is 0. The normalized spacial score (nSPS) is 9.42. The Hall–Kier alpha value is -2.93. The number of benzene rings is 2. The Bertz CT molecular complexity index is 644. The summed E-state index contributed by atoms with van der Waals surface area (Å²) in [7, 11) is 0. The van der Waals surface area contributed by atoms with Gasteiger partial charge in [0.2, 0.25) is 0 Å². The van der Waals surface area contributed by atoms with Crippen molar-refractivity contribution in [3.05, 3.63) is 54.1 Å². The lowest BCUT2D eigenvalue weighted by molar-refractivity contribution is 0.262. The molecule has 2 amide bonds. The minimum absolute atomic E-state index is 0.347. The van der Waals surface area contributed by atoms with Crippen LogP contribution in [0.2, 0.25) is 0 Å². The van der Waals surface area contributed by atoms with Crippen molar-refractivity contribution >= 4 is 23.1 Å². The first-order valence-electron chi connectivity index (χ1n) is 5.67. The topological polar surface area (TPSA) is 67.2 Å². The average molecular weight is 251 g/mol. The number of nitrogens with two attached hydrogens (primary N) is 1. The Morgan fingerprint density at radius 3 is 2.32 bits per heavy atom. The highest BCUT2D eigenvalue weighted by Crippen LogP contribution is 2.13. The summed E-state index contributed by atoms with van der Waals surface area (Å²) in [6.45, 7) is 0. The molecule has 0 atom stereocenters. The van der Waals surface area contributed by atoms with Crippen molar-refractivity contribution in [3.8, 4) is 12.3 Å². The maximum Gasteiger partial charge on any atom is 0.323 e. The molecule has 0 spiro atoms. The maximum atomic E-state index is 11.8. The van der Waals surface area contributed by atoms with E-state index in [0.29, 0.717) is 22.6 Å². The van der Waals surface area contributed by atoms with E-state index in [1.807, 2.05) is 0 Å². The van der Waals surface area contributed by atoms with Gasteiger partial charge in [0.15, 0.2) is 0 Å². The van der Waals surface area contributed by atoms with Crippen molar-refractivity contribution in [2.45, 2.75) is 0 Å². The molecule has 4 heteroatoms. The highest BCUT2D eigenvalue weighted by atomic mass is 16.2. The third kappa shape index (κ3) is 3.51. The minimum atomic E-state index is -0.347. The number of amides is 2. The number of terminal acetylenes is 1. The van der Waals surface area contributed by atoms with E-state index >= 15 is 0 Å². The van der Waals surface area contributed by atoms with E-state index in [1.165, 1.54) is 0 Å². The number of nitrogens with one attached hydrogen (secondary N) is 2. The van der Waals surface area contributed by atoms with Crippen molar-refractivity contribution in [1.82, 2.24) is 0 Å². The molecule has 2 aromatic carbocycles. The number of hydrogen-bond acceptors (Lipinski definition) is 2. The second-order valence-electron chi connectivity index (χ2n) is 3.93. The molecule has 0 aromatic heterocycles. The highest BCUT2D eigenvalue weighted by molar-refractivity contribution is 6.00. The molecule has 0 heterocycles. The molecule has 2 aromatic rings. The number of carbonyl (C=O) groups is 1. The van der Waals surface area contributed by atoms with Gasteiger partial charge in [0.1, 0.15) is 0 Å². The van der Waals surface area contributed by atoms with E-state index in [9.17, 15) is 4.79 Å². The first-order chi connectivity index (χ1) is 9.17. The van der Waals surface area contributed by atoms with Crippen molar-refractivity contribution in [2.75, 3.05) is 16.4 Å². The molecule has 0 unspecified atom stereocenters. The van der Waals surface area contributed by atoms with Gasteiger partial charge in [-0.05, 0) is 36.4 Å². The van der Waals surface area contributed by atoms with Crippen molar-refractivity contribution in [1.29, 1.82) is 0 Å². The molecule has 0 aliphatic rings. The second-order valence-corrected chi connectivity index (χ2v) is 3.93. The van der Waals surface area contributed by atoms with Crippen molar-refractivity contribution in [3.63, 3.8) is 0 Å². The van der Waals surface area contributed by atoms with Crippen molar-refractivity contribution < 1.29 is 4.79 Å². The summed E-state index contributed by atoms with van der Waals surface area (Å²) < 4.78 is 0. The fourth-order valence-electron chi connectivity index (χ4n) is 1.60. The quantitative estimate of drug-likeness (QED) is 0.567. The van der Waals surface area contributed by atoms with Crippen LogP contribution in [0, 0.1) is 12.3 Å². The Labute approximate surface area is 111 Å². The molecule has 4 nitrogen and oxygen atoms in total. The molecule has 0 saturated carbocycles. The number of anilines is 3. The van der Waals surface area contributed by atoms with Crippen LogP contribution in [0.4, 0.5) is 21.9 Å². The summed E-state index contributed by atoms with van der Waals surface area (Å²) in [4.78, 5) is 11.8. The predicted molar refractivity (Wildman–Crippen MR) is 77.9 cm³/mol. The first kappa shape index (κ1) is 12.5. The minimum Gasteiger partial charge on any atom is -0.399 e. The van der Waals surface area contributed by atoms with Gasteiger partial charge in [-0.3, -0.25) is 0 Å². The van der Waals surface area contributed by atoms with Gasteiger partial charge < -0.3 is 16.4 Å². The average Bonchev–Trinajstić information content (AvgIpc) is 2.38. The summed E-state index contributed by atoms with van der Waals surface area (Å²) in [5, 5.41) is 5.39. The van der Waals surface area contributed by atoms with Crippen LogP contribution in [0.15, 0.2) is 48.5 Å². The SMILES string of the molecule is C#Cc1cccc(NC(=O)Nc2cccc(N)c2)c1. The van der Waals surface area contributed by atoms with Crippen molar-refractivity contribution in [2.24, 2.45) is 0 Å². The van der Waals surface area contributed by atoms with Crippen LogP contribution in [0.3, 0.4) is 0 Å². The Balaban J connectivity index is 2.03. The van der Waals surface area contributed by atoms with E-state index in [4.69, 9.17) is 12.2 Å². The summed E-state index contributed by atoms with van der Waals surface area (Å²) in [6, 6.07) is 13.7. The van der Waals surface area contributed by atoms with E-state index in [-0.39, 0.29) is 6.03 Å². The lowest BCUT2D eigenvalue weighted by Gasteiger charge is -2.08. The second kappa shape index (κ2) is 5.61. The smallest absolute Gasteiger partial charge is 0.323 e. The third-order valence-electron chi connectivity index (χ3n) is 2.43. The number of urea groups is 1. The lowest BCUT2D eigenvalue weighted by Crippen LogP contribution is -2.19. The third-order valence-corrected chi connectivity index (χ3v) is 2.43. The standard InChI is InChI=1S/C15H13N3O/c1-2-11-5-3-7-13(9-11)17-15(19)18-14-8-4-6-12(16)10-14/h1,3-10H,16H2,(H2,17,18,19). The number of rotatable bonds is 2. The fourth-order valence-corrected chi connectivity index (χ4v) is 1.60. The molecule has 4 N–H and O–H groups in total. The van der Waals surface area contributed by atoms with E-state index in [2.05, 4.69) is 16.6 Å². The van der Waals surface area contributed by atoms with Crippen LogP contribution in [0.1, 0.15) is 5.56 Å².